The molecule has 0 amide bonds. The van der Waals surface area contributed by atoms with Gasteiger partial charge in [-0.1, -0.05) is 24.3 Å². The fourth-order valence-electron chi connectivity index (χ4n) is 2.31. The zero-order chi connectivity index (χ0) is 13.2. The van der Waals surface area contributed by atoms with E-state index >= 15 is 0 Å². The SMILES string of the molecule is CC(C)(C)OC(=O)CNC1Cc2ccccc2C1. The smallest absolute Gasteiger partial charge is 0.320 e. The minimum Gasteiger partial charge on any atom is -0.459 e. The molecule has 0 fully saturated rings. The van der Waals surface area contributed by atoms with E-state index in [9.17, 15) is 4.79 Å². The Balaban J connectivity index is 1.79. The Morgan fingerprint density at radius 2 is 1.83 bits per heavy atom. The number of carbonyl (C=O) groups excluding carboxylic acids is 1. The third kappa shape index (κ3) is 3.57. The molecule has 1 aliphatic rings. The van der Waals surface area contributed by atoms with Crippen LogP contribution in [0.3, 0.4) is 0 Å². The van der Waals surface area contributed by atoms with Crippen LogP contribution in [0.4, 0.5) is 0 Å². The maximum atomic E-state index is 11.6. The second-order valence-corrected chi connectivity index (χ2v) is 5.84. The fraction of sp³-hybridized carbons (Fsp3) is 0.533. The zero-order valence-corrected chi connectivity index (χ0v) is 11.3. The second-order valence-electron chi connectivity index (χ2n) is 5.84. The van der Waals surface area contributed by atoms with E-state index in [4.69, 9.17) is 4.74 Å². The minimum atomic E-state index is -0.405. The van der Waals surface area contributed by atoms with Gasteiger partial charge in [0.15, 0.2) is 0 Å². The highest BCUT2D eigenvalue weighted by atomic mass is 16.6. The summed E-state index contributed by atoms with van der Waals surface area (Å²) in [4.78, 5) is 11.6. The molecule has 0 saturated carbocycles. The van der Waals surface area contributed by atoms with Crippen LogP contribution < -0.4 is 5.32 Å². The summed E-state index contributed by atoms with van der Waals surface area (Å²) < 4.78 is 5.27. The van der Waals surface area contributed by atoms with Crippen molar-refractivity contribution >= 4 is 5.97 Å². The second kappa shape index (κ2) is 5.11. The predicted molar refractivity (Wildman–Crippen MR) is 71.5 cm³/mol. The Morgan fingerprint density at radius 1 is 1.28 bits per heavy atom. The molecule has 3 nitrogen and oxygen atoms in total. The van der Waals surface area contributed by atoms with Crippen LogP contribution >= 0.6 is 0 Å². The van der Waals surface area contributed by atoms with E-state index in [0.717, 1.165) is 12.8 Å². The first-order valence-electron chi connectivity index (χ1n) is 6.46. The molecule has 1 aromatic carbocycles. The standard InChI is InChI=1S/C15H21NO2/c1-15(2,3)18-14(17)10-16-13-8-11-6-4-5-7-12(11)9-13/h4-7,13,16H,8-10H2,1-3H3. The first kappa shape index (κ1) is 13.1. The number of ether oxygens (including phenoxy) is 1. The van der Waals surface area contributed by atoms with Crippen molar-refractivity contribution in [3.8, 4) is 0 Å². The molecule has 0 bridgehead atoms. The van der Waals surface area contributed by atoms with Crippen molar-refractivity contribution in [1.82, 2.24) is 5.32 Å². The van der Waals surface area contributed by atoms with Gasteiger partial charge in [-0.2, -0.15) is 0 Å². The number of esters is 1. The number of nitrogens with one attached hydrogen (secondary N) is 1. The lowest BCUT2D eigenvalue weighted by atomic mass is 10.1. The molecular weight excluding hydrogens is 226 g/mol. The summed E-state index contributed by atoms with van der Waals surface area (Å²) in [6, 6.07) is 8.80. The van der Waals surface area contributed by atoms with E-state index in [1.165, 1.54) is 11.1 Å². The molecule has 2 rings (SSSR count). The number of hydrogen-bond donors (Lipinski definition) is 1. The molecule has 0 aromatic heterocycles. The monoisotopic (exact) mass is 247 g/mol. The van der Waals surface area contributed by atoms with Gasteiger partial charge in [0.2, 0.25) is 0 Å². The molecule has 1 aromatic rings. The van der Waals surface area contributed by atoms with Crippen LogP contribution in [0.5, 0.6) is 0 Å². The maximum Gasteiger partial charge on any atom is 0.320 e. The molecule has 3 heteroatoms. The van der Waals surface area contributed by atoms with Crippen molar-refractivity contribution in [3.63, 3.8) is 0 Å². The summed E-state index contributed by atoms with van der Waals surface area (Å²) in [5, 5.41) is 3.28. The lowest BCUT2D eigenvalue weighted by Gasteiger charge is -2.20. The van der Waals surface area contributed by atoms with Crippen LogP contribution in [0.1, 0.15) is 31.9 Å². The van der Waals surface area contributed by atoms with Gasteiger partial charge in [0, 0.05) is 6.04 Å². The summed E-state index contributed by atoms with van der Waals surface area (Å²) >= 11 is 0. The Bertz CT molecular complexity index is 409. The van der Waals surface area contributed by atoms with Gasteiger partial charge in [-0.15, -0.1) is 0 Å². The largest absolute Gasteiger partial charge is 0.459 e. The summed E-state index contributed by atoms with van der Waals surface area (Å²) in [5.41, 5.74) is 2.37. The molecule has 0 aliphatic heterocycles. The van der Waals surface area contributed by atoms with E-state index < -0.39 is 5.60 Å². The van der Waals surface area contributed by atoms with Gasteiger partial charge in [0.25, 0.3) is 0 Å². The van der Waals surface area contributed by atoms with Crippen molar-refractivity contribution in [1.29, 1.82) is 0 Å². The lowest BCUT2D eigenvalue weighted by Crippen LogP contribution is -2.37. The maximum absolute atomic E-state index is 11.6. The van der Waals surface area contributed by atoms with Crippen LogP contribution in [0.25, 0.3) is 0 Å². The van der Waals surface area contributed by atoms with Crippen molar-refractivity contribution in [2.24, 2.45) is 0 Å². The first-order valence-corrected chi connectivity index (χ1v) is 6.46. The van der Waals surface area contributed by atoms with Crippen molar-refractivity contribution in [2.75, 3.05) is 6.54 Å². The first-order chi connectivity index (χ1) is 8.44. The molecule has 0 unspecified atom stereocenters. The van der Waals surface area contributed by atoms with E-state index in [1.807, 2.05) is 20.8 Å². The number of hydrogen-bond acceptors (Lipinski definition) is 3. The zero-order valence-electron chi connectivity index (χ0n) is 11.3. The average Bonchev–Trinajstić information content (AvgIpc) is 2.66. The molecule has 0 saturated heterocycles. The number of rotatable bonds is 3. The Hall–Kier alpha value is -1.35. The molecule has 0 atom stereocenters. The van der Waals surface area contributed by atoms with Gasteiger partial charge < -0.3 is 10.1 Å². The molecule has 18 heavy (non-hydrogen) atoms. The van der Waals surface area contributed by atoms with Crippen molar-refractivity contribution in [2.45, 2.75) is 45.3 Å². The fourth-order valence-corrected chi connectivity index (χ4v) is 2.31. The van der Waals surface area contributed by atoms with Crippen LogP contribution in [0, 0.1) is 0 Å². The summed E-state index contributed by atoms with van der Waals surface area (Å²) in [7, 11) is 0. The highest BCUT2D eigenvalue weighted by Crippen LogP contribution is 2.21. The van der Waals surface area contributed by atoms with E-state index in [0.29, 0.717) is 6.04 Å². The summed E-state index contributed by atoms with van der Waals surface area (Å²) in [6.07, 6.45) is 2.00. The minimum absolute atomic E-state index is 0.182. The topological polar surface area (TPSA) is 38.3 Å². The van der Waals surface area contributed by atoms with Crippen molar-refractivity contribution < 1.29 is 9.53 Å². The predicted octanol–water partition coefficient (Wildman–Crippen LogP) is 2.09. The number of carbonyl (C=O) groups is 1. The summed E-state index contributed by atoms with van der Waals surface area (Å²) in [5.74, 6) is -0.182. The van der Waals surface area contributed by atoms with E-state index in [2.05, 4.69) is 29.6 Å². The molecule has 0 spiro atoms. The molecule has 1 aliphatic carbocycles. The number of benzene rings is 1. The molecule has 98 valence electrons. The van der Waals surface area contributed by atoms with Gasteiger partial charge in [-0.05, 0) is 44.7 Å². The van der Waals surface area contributed by atoms with Crippen LogP contribution in [-0.2, 0) is 22.4 Å². The van der Waals surface area contributed by atoms with Crippen LogP contribution in [-0.4, -0.2) is 24.2 Å². The lowest BCUT2D eigenvalue weighted by molar-refractivity contribution is -0.153. The molecule has 0 heterocycles. The van der Waals surface area contributed by atoms with Crippen molar-refractivity contribution in [3.05, 3.63) is 35.4 Å². The normalized spacial score (nSPS) is 15.5. The van der Waals surface area contributed by atoms with Gasteiger partial charge >= 0.3 is 5.97 Å². The Labute approximate surface area is 109 Å². The van der Waals surface area contributed by atoms with E-state index in [-0.39, 0.29) is 12.5 Å². The quantitative estimate of drug-likeness (QED) is 0.831. The average molecular weight is 247 g/mol. The molecule has 1 N–H and O–H groups in total. The van der Waals surface area contributed by atoms with Crippen LogP contribution in [0.15, 0.2) is 24.3 Å². The van der Waals surface area contributed by atoms with Gasteiger partial charge in [0.1, 0.15) is 5.60 Å². The third-order valence-corrected chi connectivity index (χ3v) is 3.01. The Morgan fingerprint density at radius 3 is 2.33 bits per heavy atom. The van der Waals surface area contributed by atoms with Gasteiger partial charge in [-0.3, -0.25) is 4.79 Å². The highest BCUT2D eigenvalue weighted by Gasteiger charge is 2.22. The number of fused-ring (bicyclic) bond motifs is 1. The van der Waals surface area contributed by atoms with Crippen LogP contribution in [0.2, 0.25) is 0 Å². The Kier molecular flexibility index (Phi) is 3.71. The molecular formula is C15H21NO2. The van der Waals surface area contributed by atoms with E-state index in [1.54, 1.807) is 0 Å². The third-order valence-electron chi connectivity index (χ3n) is 3.01. The molecule has 0 radical (unpaired) electrons. The summed E-state index contributed by atoms with van der Waals surface area (Å²) in [6.45, 7) is 5.94. The van der Waals surface area contributed by atoms with Gasteiger partial charge in [0.05, 0.1) is 6.54 Å². The highest BCUT2D eigenvalue weighted by molar-refractivity contribution is 5.72. The van der Waals surface area contributed by atoms with Gasteiger partial charge in [-0.25, -0.2) is 0 Å².